The van der Waals surface area contributed by atoms with Gasteiger partial charge in [0, 0.05) is 19.3 Å². The standard InChI is InChI=1S/C18H21FN2S/c1-13(2)15-7-9-17(10-8-15)20-18(22)21(3)12-14-5-4-6-16(19)11-14/h4-11,13H,12H2,1-3H3,(H,20,22). The lowest BCUT2D eigenvalue weighted by atomic mass is 10.0. The van der Waals surface area contributed by atoms with Gasteiger partial charge in [-0.3, -0.25) is 0 Å². The van der Waals surface area contributed by atoms with E-state index in [1.54, 1.807) is 6.07 Å². The Morgan fingerprint density at radius 2 is 1.86 bits per heavy atom. The van der Waals surface area contributed by atoms with Crippen LogP contribution < -0.4 is 5.32 Å². The van der Waals surface area contributed by atoms with Crippen LogP contribution in [0.5, 0.6) is 0 Å². The molecule has 0 saturated carbocycles. The Labute approximate surface area is 137 Å². The topological polar surface area (TPSA) is 15.3 Å². The molecule has 4 heteroatoms. The third kappa shape index (κ3) is 4.53. The van der Waals surface area contributed by atoms with Crippen molar-refractivity contribution in [3.8, 4) is 0 Å². The van der Waals surface area contributed by atoms with E-state index >= 15 is 0 Å². The van der Waals surface area contributed by atoms with Crippen LogP contribution in [0.3, 0.4) is 0 Å². The quantitative estimate of drug-likeness (QED) is 0.817. The molecule has 0 heterocycles. The van der Waals surface area contributed by atoms with Crippen LogP contribution in [0.15, 0.2) is 48.5 Å². The average Bonchev–Trinajstić information content (AvgIpc) is 2.47. The van der Waals surface area contributed by atoms with Crippen molar-refractivity contribution >= 4 is 23.0 Å². The van der Waals surface area contributed by atoms with Gasteiger partial charge in [0.05, 0.1) is 0 Å². The van der Waals surface area contributed by atoms with Gasteiger partial charge in [-0.1, -0.05) is 38.1 Å². The summed E-state index contributed by atoms with van der Waals surface area (Å²) in [5.41, 5.74) is 3.15. The summed E-state index contributed by atoms with van der Waals surface area (Å²) >= 11 is 5.40. The summed E-state index contributed by atoms with van der Waals surface area (Å²) in [6.45, 7) is 4.90. The van der Waals surface area contributed by atoms with E-state index in [9.17, 15) is 4.39 Å². The summed E-state index contributed by atoms with van der Waals surface area (Å²) < 4.78 is 13.2. The zero-order valence-electron chi connectivity index (χ0n) is 13.1. The van der Waals surface area contributed by atoms with E-state index in [0.29, 0.717) is 17.6 Å². The fraction of sp³-hybridized carbons (Fsp3) is 0.278. The molecule has 0 aliphatic carbocycles. The number of halogens is 1. The summed E-state index contributed by atoms with van der Waals surface area (Å²) in [6.07, 6.45) is 0. The van der Waals surface area contributed by atoms with Gasteiger partial charge in [0.1, 0.15) is 5.82 Å². The van der Waals surface area contributed by atoms with E-state index in [4.69, 9.17) is 12.2 Å². The van der Waals surface area contributed by atoms with E-state index < -0.39 is 0 Å². The molecule has 0 unspecified atom stereocenters. The number of nitrogens with zero attached hydrogens (tertiary/aromatic N) is 1. The van der Waals surface area contributed by atoms with Gasteiger partial charge in [0.2, 0.25) is 0 Å². The number of thiocarbonyl (C=S) groups is 1. The molecule has 0 amide bonds. The van der Waals surface area contributed by atoms with Crippen LogP contribution in [-0.4, -0.2) is 17.1 Å². The Hall–Kier alpha value is -1.94. The van der Waals surface area contributed by atoms with Crippen molar-refractivity contribution in [1.29, 1.82) is 0 Å². The molecule has 2 rings (SSSR count). The Bertz CT molecular complexity index is 638. The van der Waals surface area contributed by atoms with Crippen molar-refractivity contribution in [2.24, 2.45) is 0 Å². The van der Waals surface area contributed by atoms with Crippen LogP contribution in [0, 0.1) is 5.82 Å². The van der Waals surface area contributed by atoms with Crippen molar-refractivity contribution < 1.29 is 4.39 Å². The van der Waals surface area contributed by atoms with Gasteiger partial charge in [0.25, 0.3) is 0 Å². The van der Waals surface area contributed by atoms with Crippen LogP contribution in [0.25, 0.3) is 0 Å². The van der Waals surface area contributed by atoms with Gasteiger partial charge in [-0.15, -0.1) is 0 Å². The molecule has 0 aromatic heterocycles. The maximum Gasteiger partial charge on any atom is 0.173 e. The number of nitrogens with one attached hydrogen (secondary N) is 1. The highest BCUT2D eigenvalue weighted by atomic mass is 32.1. The molecule has 1 N–H and O–H groups in total. The first-order valence-corrected chi connectivity index (χ1v) is 7.73. The fourth-order valence-electron chi connectivity index (χ4n) is 2.15. The largest absolute Gasteiger partial charge is 0.348 e. The third-order valence-electron chi connectivity index (χ3n) is 3.48. The van der Waals surface area contributed by atoms with Crippen molar-refractivity contribution in [2.75, 3.05) is 12.4 Å². The van der Waals surface area contributed by atoms with E-state index in [0.717, 1.165) is 11.3 Å². The summed E-state index contributed by atoms with van der Waals surface area (Å²) in [4.78, 5) is 1.89. The Morgan fingerprint density at radius 1 is 1.18 bits per heavy atom. The molecule has 0 saturated heterocycles. The second kappa shape index (κ2) is 7.36. The first-order valence-electron chi connectivity index (χ1n) is 7.32. The van der Waals surface area contributed by atoms with Crippen molar-refractivity contribution in [3.05, 3.63) is 65.5 Å². The predicted octanol–water partition coefficient (Wildman–Crippen LogP) is 4.78. The molecule has 2 nitrogen and oxygen atoms in total. The zero-order chi connectivity index (χ0) is 16.1. The molecule has 2 aromatic rings. The highest BCUT2D eigenvalue weighted by Crippen LogP contribution is 2.17. The summed E-state index contributed by atoms with van der Waals surface area (Å²) in [7, 11) is 1.89. The zero-order valence-corrected chi connectivity index (χ0v) is 14.0. The lowest BCUT2D eigenvalue weighted by Gasteiger charge is -2.21. The number of hydrogen-bond acceptors (Lipinski definition) is 1. The predicted molar refractivity (Wildman–Crippen MR) is 94.6 cm³/mol. The maximum atomic E-state index is 13.2. The van der Waals surface area contributed by atoms with Crippen LogP contribution in [-0.2, 0) is 6.54 Å². The van der Waals surface area contributed by atoms with Crippen LogP contribution >= 0.6 is 12.2 Å². The van der Waals surface area contributed by atoms with Crippen LogP contribution in [0.2, 0.25) is 0 Å². The minimum Gasteiger partial charge on any atom is -0.348 e. The number of rotatable bonds is 4. The molecule has 0 spiro atoms. The van der Waals surface area contributed by atoms with Gasteiger partial charge in [-0.05, 0) is 53.5 Å². The Balaban J connectivity index is 1.96. The van der Waals surface area contributed by atoms with E-state index in [1.807, 2.05) is 30.1 Å². The van der Waals surface area contributed by atoms with E-state index in [2.05, 4.69) is 31.3 Å². The maximum absolute atomic E-state index is 13.2. The lowest BCUT2D eigenvalue weighted by molar-refractivity contribution is 0.505. The fourth-order valence-corrected chi connectivity index (χ4v) is 2.33. The molecule has 0 radical (unpaired) electrons. The second-order valence-corrected chi connectivity index (χ2v) is 6.08. The lowest BCUT2D eigenvalue weighted by Crippen LogP contribution is -2.30. The molecule has 22 heavy (non-hydrogen) atoms. The summed E-state index contributed by atoms with van der Waals surface area (Å²) in [5.74, 6) is 0.283. The number of benzene rings is 2. The first-order chi connectivity index (χ1) is 10.5. The molecular weight excluding hydrogens is 295 g/mol. The van der Waals surface area contributed by atoms with Crippen LogP contribution in [0.1, 0.15) is 30.9 Å². The highest BCUT2D eigenvalue weighted by molar-refractivity contribution is 7.80. The molecule has 2 aromatic carbocycles. The second-order valence-electron chi connectivity index (χ2n) is 5.69. The number of anilines is 1. The third-order valence-corrected chi connectivity index (χ3v) is 3.90. The van der Waals surface area contributed by atoms with Crippen molar-refractivity contribution in [2.45, 2.75) is 26.3 Å². The van der Waals surface area contributed by atoms with Gasteiger partial charge in [-0.2, -0.15) is 0 Å². The van der Waals surface area contributed by atoms with Gasteiger partial charge in [0.15, 0.2) is 5.11 Å². The molecule has 0 fully saturated rings. The van der Waals surface area contributed by atoms with Gasteiger partial charge >= 0.3 is 0 Å². The van der Waals surface area contributed by atoms with Gasteiger partial charge < -0.3 is 10.2 Å². The van der Waals surface area contributed by atoms with Crippen molar-refractivity contribution in [1.82, 2.24) is 4.90 Å². The molecule has 0 aliphatic heterocycles. The number of hydrogen-bond donors (Lipinski definition) is 1. The molecule has 0 aliphatic rings. The minimum atomic E-state index is -0.228. The highest BCUT2D eigenvalue weighted by Gasteiger charge is 2.07. The minimum absolute atomic E-state index is 0.228. The molecule has 0 bridgehead atoms. The average molecular weight is 316 g/mol. The SMILES string of the molecule is CC(C)c1ccc(NC(=S)N(C)Cc2cccc(F)c2)cc1. The Morgan fingerprint density at radius 3 is 2.45 bits per heavy atom. The molecule has 116 valence electrons. The summed E-state index contributed by atoms with van der Waals surface area (Å²) in [5, 5.41) is 3.82. The monoisotopic (exact) mass is 316 g/mol. The first kappa shape index (κ1) is 16.4. The summed E-state index contributed by atoms with van der Waals surface area (Å²) in [6, 6.07) is 14.8. The Kier molecular flexibility index (Phi) is 5.50. The van der Waals surface area contributed by atoms with Crippen molar-refractivity contribution in [3.63, 3.8) is 0 Å². The van der Waals surface area contributed by atoms with E-state index in [-0.39, 0.29) is 5.82 Å². The van der Waals surface area contributed by atoms with Crippen LogP contribution in [0.4, 0.5) is 10.1 Å². The molecule has 0 atom stereocenters. The normalized spacial score (nSPS) is 10.6. The van der Waals surface area contributed by atoms with Gasteiger partial charge in [-0.25, -0.2) is 4.39 Å². The smallest absolute Gasteiger partial charge is 0.173 e. The molecular formula is C18H21FN2S. The van der Waals surface area contributed by atoms with E-state index in [1.165, 1.54) is 17.7 Å².